The number of carbonyl (C=O) groups is 2. The van der Waals surface area contributed by atoms with Crippen molar-refractivity contribution in [3.8, 4) is 0 Å². The van der Waals surface area contributed by atoms with Crippen LogP contribution in [-0.4, -0.2) is 54.8 Å². The lowest BCUT2D eigenvalue weighted by molar-refractivity contribution is -0.146. The summed E-state index contributed by atoms with van der Waals surface area (Å²) in [6.07, 6.45) is 2.53. The first-order valence-electron chi connectivity index (χ1n) is 8.50. The number of benzene rings is 1. The van der Waals surface area contributed by atoms with Crippen molar-refractivity contribution in [2.75, 3.05) is 33.2 Å². The van der Waals surface area contributed by atoms with Gasteiger partial charge in [-0.25, -0.2) is 4.39 Å². The Hall–Kier alpha value is -1.95. The Morgan fingerprint density at radius 2 is 2.00 bits per heavy atom. The maximum Gasteiger partial charge on any atom is 0.236 e. The number of likely N-dealkylation sites (tertiary alicyclic amines) is 2. The van der Waals surface area contributed by atoms with Crippen molar-refractivity contribution in [2.45, 2.75) is 25.8 Å². The van der Waals surface area contributed by atoms with Crippen LogP contribution in [0.15, 0.2) is 24.3 Å². The Bertz CT molecular complexity index is 619. The van der Waals surface area contributed by atoms with Gasteiger partial charge in [-0.1, -0.05) is 12.1 Å². The van der Waals surface area contributed by atoms with E-state index in [2.05, 4.69) is 5.32 Å². The predicted molar refractivity (Wildman–Crippen MR) is 88.6 cm³/mol. The zero-order chi connectivity index (χ0) is 17.2. The highest BCUT2D eigenvalue weighted by Crippen LogP contribution is 2.40. The molecule has 2 fully saturated rings. The summed E-state index contributed by atoms with van der Waals surface area (Å²) >= 11 is 0. The van der Waals surface area contributed by atoms with Crippen LogP contribution >= 0.6 is 0 Å². The summed E-state index contributed by atoms with van der Waals surface area (Å²) in [5.74, 6) is -0.0784. The Kier molecular flexibility index (Phi) is 4.85. The molecule has 1 spiro atoms. The second kappa shape index (κ2) is 6.89. The van der Waals surface area contributed by atoms with Crippen molar-refractivity contribution in [3.63, 3.8) is 0 Å². The molecule has 1 aromatic rings. The zero-order valence-corrected chi connectivity index (χ0v) is 14.1. The molecule has 2 heterocycles. The first kappa shape index (κ1) is 16.9. The van der Waals surface area contributed by atoms with E-state index in [1.807, 2.05) is 4.90 Å². The average molecular weight is 333 g/mol. The normalized spacial score (nSPS) is 24.0. The molecule has 2 aliphatic rings. The molecule has 0 aliphatic carbocycles. The standard InChI is InChI=1S/C18H24FN3O2/c1-20-11-16(23)22-10-8-18(13-22)7-2-9-21(17(18)24)12-14-3-5-15(19)6-4-14/h3-6,20H,2,7-13H2,1H3/t18-/m1/s1. The molecule has 5 nitrogen and oxygen atoms in total. The van der Waals surface area contributed by atoms with Crippen LogP contribution in [0.3, 0.4) is 0 Å². The third kappa shape index (κ3) is 3.29. The van der Waals surface area contributed by atoms with E-state index in [0.29, 0.717) is 26.2 Å². The van der Waals surface area contributed by atoms with Crippen molar-refractivity contribution >= 4 is 11.8 Å². The monoisotopic (exact) mass is 333 g/mol. The average Bonchev–Trinajstić information content (AvgIpc) is 3.00. The third-order valence-electron chi connectivity index (χ3n) is 5.15. The van der Waals surface area contributed by atoms with E-state index in [0.717, 1.165) is 31.4 Å². The molecule has 1 atom stereocenters. The van der Waals surface area contributed by atoms with Crippen molar-refractivity contribution in [2.24, 2.45) is 5.41 Å². The fourth-order valence-electron chi connectivity index (χ4n) is 3.84. The molecule has 1 N–H and O–H groups in total. The largest absolute Gasteiger partial charge is 0.340 e. The SMILES string of the molecule is CNCC(=O)N1CC[C@]2(CCCN(Cc3ccc(F)cc3)C2=O)C1. The molecule has 0 radical (unpaired) electrons. The second-order valence-corrected chi connectivity index (χ2v) is 6.83. The first-order chi connectivity index (χ1) is 11.5. The van der Waals surface area contributed by atoms with E-state index in [9.17, 15) is 14.0 Å². The Labute approximate surface area is 141 Å². The number of rotatable bonds is 4. The van der Waals surface area contributed by atoms with E-state index < -0.39 is 5.41 Å². The highest BCUT2D eigenvalue weighted by molar-refractivity contribution is 5.86. The molecule has 0 aromatic heterocycles. The molecule has 0 saturated carbocycles. The lowest BCUT2D eigenvalue weighted by atomic mass is 9.78. The quantitative estimate of drug-likeness (QED) is 0.906. The number of piperidine rings is 1. The summed E-state index contributed by atoms with van der Waals surface area (Å²) in [5.41, 5.74) is 0.504. The summed E-state index contributed by atoms with van der Waals surface area (Å²) in [6.45, 7) is 2.71. The van der Waals surface area contributed by atoms with Gasteiger partial charge in [0.05, 0.1) is 12.0 Å². The first-order valence-corrected chi connectivity index (χ1v) is 8.50. The smallest absolute Gasteiger partial charge is 0.236 e. The summed E-state index contributed by atoms with van der Waals surface area (Å²) in [7, 11) is 1.75. The molecular weight excluding hydrogens is 309 g/mol. The number of carbonyl (C=O) groups excluding carboxylic acids is 2. The van der Waals surface area contributed by atoms with Gasteiger partial charge in [0.25, 0.3) is 0 Å². The molecule has 2 saturated heterocycles. The lowest BCUT2D eigenvalue weighted by Crippen LogP contribution is -2.50. The van der Waals surface area contributed by atoms with Crippen LogP contribution in [0, 0.1) is 11.2 Å². The number of hydrogen-bond acceptors (Lipinski definition) is 3. The maximum atomic E-state index is 13.0. The number of nitrogens with zero attached hydrogens (tertiary/aromatic N) is 2. The Morgan fingerprint density at radius 3 is 2.71 bits per heavy atom. The third-order valence-corrected chi connectivity index (χ3v) is 5.15. The fourth-order valence-corrected chi connectivity index (χ4v) is 3.84. The van der Waals surface area contributed by atoms with E-state index in [4.69, 9.17) is 0 Å². The molecule has 130 valence electrons. The maximum absolute atomic E-state index is 13.0. The Morgan fingerprint density at radius 1 is 1.25 bits per heavy atom. The molecule has 0 unspecified atom stereocenters. The van der Waals surface area contributed by atoms with Crippen LogP contribution in [0.2, 0.25) is 0 Å². The van der Waals surface area contributed by atoms with E-state index in [1.54, 1.807) is 24.1 Å². The summed E-state index contributed by atoms with van der Waals surface area (Å²) < 4.78 is 13.0. The lowest BCUT2D eigenvalue weighted by Gasteiger charge is -2.39. The van der Waals surface area contributed by atoms with Gasteiger partial charge in [-0.3, -0.25) is 9.59 Å². The zero-order valence-electron chi connectivity index (χ0n) is 14.1. The van der Waals surface area contributed by atoms with E-state index >= 15 is 0 Å². The van der Waals surface area contributed by atoms with E-state index in [-0.39, 0.29) is 17.6 Å². The van der Waals surface area contributed by atoms with Gasteiger partial charge in [0.15, 0.2) is 0 Å². The minimum atomic E-state index is -0.429. The molecule has 6 heteroatoms. The van der Waals surface area contributed by atoms with Crippen molar-refractivity contribution in [1.82, 2.24) is 15.1 Å². The highest BCUT2D eigenvalue weighted by Gasteiger charge is 2.49. The minimum absolute atomic E-state index is 0.0535. The molecule has 2 amide bonds. The van der Waals surface area contributed by atoms with Crippen LogP contribution in [0.1, 0.15) is 24.8 Å². The van der Waals surface area contributed by atoms with Crippen LogP contribution in [0.25, 0.3) is 0 Å². The van der Waals surface area contributed by atoms with Gasteiger partial charge in [-0.05, 0) is 44.0 Å². The number of nitrogens with one attached hydrogen (secondary N) is 1. The molecule has 2 aliphatic heterocycles. The van der Waals surface area contributed by atoms with Gasteiger partial charge >= 0.3 is 0 Å². The van der Waals surface area contributed by atoms with Crippen molar-refractivity contribution < 1.29 is 14.0 Å². The summed E-state index contributed by atoms with van der Waals surface area (Å²) in [6, 6.07) is 6.29. The second-order valence-electron chi connectivity index (χ2n) is 6.83. The summed E-state index contributed by atoms with van der Waals surface area (Å²) in [5, 5.41) is 2.88. The minimum Gasteiger partial charge on any atom is -0.340 e. The van der Waals surface area contributed by atoms with Crippen molar-refractivity contribution in [1.29, 1.82) is 0 Å². The van der Waals surface area contributed by atoms with Crippen LogP contribution in [-0.2, 0) is 16.1 Å². The van der Waals surface area contributed by atoms with Gasteiger partial charge in [0.2, 0.25) is 11.8 Å². The van der Waals surface area contributed by atoms with Gasteiger partial charge < -0.3 is 15.1 Å². The molecule has 1 aromatic carbocycles. The van der Waals surface area contributed by atoms with Gasteiger partial charge in [0, 0.05) is 26.2 Å². The Balaban J connectivity index is 1.69. The summed E-state index contributed by atoms with van der Waals surface area (Å²) in [4.78, 5) is 28.8. The van der Waals surface area contributed by atoms with Gasteiger partial charge in [0.1, 0.15) is 5.82 Å². The molecule has 24 heavy (non-hydrogen) atoms. The predicted octanol–water partition coefficient (Wildman–Crippen LogP) is 1.39. The number of halogens is 1. The molecular formula is C18H24FN3O2. The number of amides is 2. The fraction of sp³-hybridized carbons (Fsp3) is 0.556. The van der Waals surface area contributed by atoms with Crippen molar-refractivity contribution in [3.05, 3.63) is 35.6 Å². The topological polar surface area (TPSA) is 52.7 Å². The van der Waals surface area contributed by atoms with Crippen LogP contribution < -0.4 is 5.32 Å². The number of likely N-dealkylation sites (N-methyl/N-ethyl adjacent to an activating group) is 1. The molecule has 3 rings (SSSR count). The number of hydrogen-bond donors (Lipinski definition) is 1. The highest BCUT2D eigenvalue weighted by atomic mass is 19.1. The van der Waals surface area contributed by atoms with Crippen LogP contribution in [0.4, 0.5) is 4.39 Å². The van der Waals surface area contributed by atoms with Crippen LogP contribution in [0.5, 0.6) is 0 Å². The van der Waals surface area contributed by atoms with Gasteiger partial charge in [-0.2, -0.15) is 0 Å². The van der Waals surface area contributed by atoms with Gasteiger partial charge in [-0.15, -0.1) is 0 Å². The molecule has 0 bridgehead atoms. The van der Waals surface area contributed by atoms with E-state index in [1.165, 1.54) is 12.1 Å².